The van der Waals surface area contributed by atoms with Gasteiger partial charge in [0.25, 0.3) is 5.91 Å². The number of rotatable bonds is 4. The summed E-state index contributed by atoms with van der Waals surface area (Å²) in [7, 11) is 1.84. The zero-order chi connectivity index (χ0) is 11.7. The molecule has 2 unspecified atom stereocenters. The predicted molar refractivity (Wildman–Crippen MR) is 64.1 cm³/mol. The van der Waals surface area contributed by atoms with E-state index in [0.717, 1.165) is 6.42 Å². The molecule has 1 fully saturated rings. The molecule has 0 aliphatic heterocycles. The molecule has 2 rings (SSSR count). The minimum absolute atomic E-state index is 0.0113. The van der Waals surface area contributed by atoms with Crippen LogP contribution in [-0.4, -0.2) is 16.5 Å². The molecule has 1 aromatic rings. The van der Waals surface area contributed by atoms with Crippen LogP contribution in [0.15, 0.2) is 12.3 Å². The Labute approximate surface area is 95.8 Å². The monoisotopic (exact) mass is 221 g/mol. The number of aromatic nitrogens is 1. The van der Waals surface area contributed by atoms with Gasteiger partial charge in [-0.05, 0) is 24.8 Å². The second-order valence-electron chi connectivity index (χ2n) is 4.63. The SMILES string of the molecule is CCCC1CC1NC(=O)c1cc(N)cn1C. The van der Waals surface area contributed by atoms with Gasteiger partial charge in [-0.25, -0.2) is 0 Å². The second kappa shape index (κ2) is 4.20. The van der Waals surface area contributed by atoms with Crippen molar-refractivity contribution in [3.05, 3.63) is 18.0 Å². The Morgan fingerprint density at radius 1 is 1.69 bits per heavy atom. The number of nitrogen functional groups attached to an aromatic ring is 1. The molecular weight excluding hydrogens is 202 g/mol. The lowest BCUT2D eigenvalue weighted by Crippen LogP contribution is -2.28. The van der Waals surface area contributed by atoms with Gasteiger partial charge in [-0.2, -0.15) is 0 Å². The third kappa shape index (κ3) is 2.21. The molecule has 1 aliphatic carbocycles. The number of amides is 1. The van der Waals surface area contributed by atoms with Gasteiger partial charge in [-0.1, -0.05) is 13.3 Å². The molecule has 2 atom stereocenters. The number of carbonyl (C=O) groups is 1. The molecule has 0 bridgehead atoms. The molecule has 1 heterocycles. The summed E-state index contributed by atoms with van der Waals surface area (Å²) in [5.74, 6) is 0.675. The highest BCUT2D eigenvalue weighted by molar-refractivity contribution is 5.94. The summed E-state index contributed by atoms with van der Waals surface area (Å²) in [4.78, 5) is 11.9. The minimum Gasteiger partial charge on any atom is -0.397 e. The third-order valence-electron chi connectivity index (χ3n) is 3.16. The van der Waals surface area contributed by atoms with E-state index in [1.165, 1.54) is 12.8 Å². The Bertz CT molecular complexity index is 397. The lowest BCUT2D eigenvalue weighted by molar-refractivity contribution is 0.0940. The maximum Gasteiger partial charge on any atom is 0.268 e. The van der Waals surface area contributed by atoms with Crippen LogP contribution in [0, 0.1) is 5.92 Å². The average molecular weight is 221 g/mol. The Balaban J connectivity index is 1.92. The molecule has 16 heavy (non-hydrogen) atoms. The van der Waals surface area contributed by atoms with Gasteiger partial charge in [0.1, 0.15) is 5.69 Å². The summed E-state index contributed by atoms with van der Waals surface area (Å²) in [5, 5.41) is 3.04. The molecule has 4 nitrogen and oxygen atoms in total. The van der Waals surface area contributed by atoms with E-state index in [0.29, 0.717) is 23.3 Å². The van der Waals surface area contributed by atoms with Crippen LogP contribution in [0.5, 0.6) is 0 Å². The molecule has 0 aromatic carbocycles. The van der Waals surface area contributed by atoms with Gasteiger partial charge < -0.3 is 15.6 Å². The number of nitrogens with zero attached hydrogens (tertiary/aromatic N) is 1. The Kier molecular flexibility index (Phi) is 2.90. The predicted octanol–water partition coefficient (Wildman–Crippen LogP) is 1.53. The highest BCUT2D eigenvalue weighted by atomic mass is 16.2. The normalized spacial score (nSPS) is 23.1. The van der Waals surface area contributed by atoms with E-state index in [2.05, 4.69) is 12.2 Å². The van der Waals surface area contributed by atoms with Crippen molar-refractivity contribution in [2.24, 2.45) is 13.0 Å². The van der Waals surface area contributed by atoms with Gasteiger partial charge >= 0.3 is 0 Å². The Morgan fingerprint density at radius 2 is 2.44 bits per heavy atom. The summed E-state index contributed by atoms with van der Waals surface area (Å²) in [6, 6.07) is 2.09. The summed E-state index contributed by atoms with van der Waals surface area (Å²) in [6.07, 6.45) is 5.28. The van der Waals surface area contributed by atoms with Gasteiger partial charge in [0.15, 0.2) is 0 Å². The maximum absolute atomic E-state index is 11.9. The highest BCUT2D eigenvalue weighted by Gasteiger charge is 2.37. The quantitative estimate of drug-likeness (QED) is 0.810. The van der Waals surface area contributed by atoms with Crippen molar-refractivity contribution >= 4 is 11.6 Å². The molecule has 3 N–H and O–H groups in total. The topological polar surface area (TPSA) is 60.1 Å². The largest absolute Gasteiger partial charge is 0.397 e. The molecule has 0 radical (unpaired) electrons. The standard InChI is InChI=1S/C12H19N3O/c1-3-4-8-5-10(8)14-12(16)11-6-9(13)7-15(11)2/h6-8,10H,3-5,13H2,1-2H3,(H,14,16). The Hall–Kier alpha value is -1.45. The molecule has 0 spiro atoms. The number of hydrogen-bond donors (Lipinski definition) is 2. The van der Waals surface area contributed by atoms with Crippen molar-refractivity contribution in [3.8, 4) is 0 Å². The number of anilines is 1. The fourth-order valence-corrected chi connectivity index (χ4v) is 2.17. The molecule has 1 aromatic heterocycles. The van der Waals surface area contributed by atoms with Crippen LogP contribution in [-0.2, 0) is 7.05 Å². The van der Waals surface area contributed by atoms with Crippen LogP contribution < -0.4 is 11.1 Å². The molecule has 1 amide bonds. The first-order valence-electron chi connectivity index (χ1n) is 5.84. The molecule has 0 saturated heterocycles. The highest BCUT2D eigenvalue weighted by Crippen LogP contribution is 2.34. The maximum atomic E-state index is 11.9. The van der Waals surface area contributed by atoms with Gasteiger partial charge in [0.2, 0.25) is 0 Å². The minimum atomic E-state index is -0.0113. The number of nitrogens with one attached hydrogen (secondary N) is 1. The average Bonchev–Trinajstić information content (AvgIpc) is 2.83. The van der Waals surface area contributed by atoms with Gasteiger partial charge in [-0.15, -0.1) is 0 Å². The first kappa shape index (κ1) is 11.0. The molecule has 1 aliphatic rings. The van der Waals surface area contributed by atoms with Crippen molar-refractivity contribution < 1.29 is 4.79 Å². The van der Waals surface area contributed by atoms with Crippen molar-refractivity contribution in [1.82, 2.24) is 9.88 Å². The van der Waals surface area contributed by atoms with Crippen molar-refractivity contribution in [2.75, 3.05) is 5.73 Å². The zero-order valence-electron chi connectivity index (χ0n) is 9.86. The van der Waals surface area contributed by atoms with Crippen molar-refractivity contribution in [1.29, 1.82) is 0 Å². The summed E-state index contributed by atoms with van der Waals surface area (Å²) < 4.78 is 1.77. The van der Waals surface area contributed by atoms with Crippen LogP contribution in [0.2, 0.25) is 0 Å². The van der Waals surface area contributed by atoms with E-state index in [4.69, 9.17) is 5.73 Å². The summed E-state index contributed by atoms with van der Waals surface area (Å²) in [5.41, 5.74) is 6.91. The van der Waals surface area contributed by atoms with E-state index in [-0.39, 0.29) is 5.91 Å². The second-order valence-corrected chi connectivity index (χ2v) is 4.63. The summed E-state index contributed by atoms with van der Waals surface area (Å²) in [6.45, 7) is 2.18. The van der Waals surface area contributed by atoms with E-state index in [1.54, 1.807) is 16.8 Å². The fourth-order valence-electron chi connectivity index (χ4n) is 2.17. The third-order valence-corrected chi connectivity index (χ3v) is 3.16. The fraction of sp³-hybridized carbons (Fsp3) is 0.583. The van der Waals surface area contributed by atoms with E-state index in [9.17, 15) is 4.79 Å². The number of aryl methyl sites for hydroxylation is 1. The van der Waals surface area contributed by atoms with Crippen LogP contribution in [0.1, 0.15) is 36.7 Å². The molecule has 4 heteroatoms. The van der Waals surface area contributed by atoms with E-state index in [1.807, 2.05) is 7.05 Å². The van der Waals surface area contributed by atoms with Gasteiger partial charge in [0, 0.05) is 19.3 Å². The summed E-state index contributed by atoms with van der Waals surface area (Å²) >= 11 is 0. The lowest BCUT2D eigenvalue weighted by atomic mass is 10.2. The van der Waals surface area contributed by atoms with Crippen molar-refractivity contribution in [3.63, 3.8) is 0 Å². The van der Waals surface area contributed by atoms with Crippen LogP contribution in [0.4, 0.5) is 5.69 Å². The first-order valence-corrected chi connectivity index (χ1v) is 5.84. The Morgan fingerprint density at radius 3 is 3.00 bits per heavy atom. The number of carbonyl (C=O) groups excluding carboxylic acids is 1. The molecule has 1 saturated carbocycles. The van der Waals surface area contributed by atoms with Crippen LogP contribution in [0.25, 0.3) is 0 Å². The number of hydrogen-bond acceptors (Lipinski definition) is 2. The van der Waals surface area contributed by atoms with Crippen molar-refractivity contribution in [2.45, 2.75) is 32.2 Å². The van der Waals surface area contributed by atoms with Gasteiger partial charge in [-0.3, -0.25) is 4.79 Å². The van der Waals surface area contributed by atoms with Crippen LogP contribution in [0.3, 0.4) is 0 Å². The molecular formula is C12H19N3O. The lowest BCUT2D eigenvalue weighted by Gasteiger charge is -2.05. The van der Waals surface area contributed by atoms with Gasteiger partial charge in [0.05, 0.1) is 5.69 Å². The zero-order valence-corrected chi connectivity index (χ0v) is 9.86. The smallest absolute Gasteiger partial charge is 0.268 e. The van der Waals surface area contributed by atoms with E-state index >= 15 is 0 Å². The van der Waals surface area contributed by atoms with Crippen LogP contribution >= 0.6 is 0 Å². The first-order chi connectivity index (χ1) is 7.61. The van der Waals surface area contributed by atoms with E-state index < -0.39 is 0 Å². The molecule has 88 valence electrons. The number of nitrogens with two attached hydrogens (primary N) is 1.